The van der Waals surface area contributed by atoms with Crippen LogP contribution < -0.4 is 0 Å². The van der Waals surface area contributed by atoms with E-state index in [0.29, 0.717) is 32.1 Å². The molecule has 0 amide bonds. The van der Waals surface area contributed by atoms with Gasteiger partial charge in [0, 0.05) is 0 Å². The largest absolute Gasteiger partial charge is 0.432 e. The van der Waals surface area contributed by atoms with Gasteiger partial charge in [0.15, 0.2) is 18.7 Å². The molecule has 3 aliphatic heterocycles. The number of carbonyl (C=O) groups excluding carboxylic acids is 1. The normalized spacial score (nSPS) is 53.3. The summed E-state index contributed by atoms with van der Waals surface area (Å²) in [6, 6.07) is 0. The lowest BCUT2D eigenvalue weighted by atomic mass is 9.33. The van der Waals surface area contributed by atoms with Gasteiger partial charge in [-0.15, -0.1) is 0 Å². The van der Waals surface area contributed by atoms with E-state index in [-0.39, 0.29) is 50.9 Å². The molecule has 7 fully saturated rings. The molecule has 0 aromatic carbocycles. The van der Waals surface area contributed by atoms with E-state index in [2.05, 4.69) is 54.5 Å². The molecular weight excluding hydrogens is 865 g/mol. The molecule has 18 heteroatoms. The van der Waals surface area contributed by atoms with Gasteiger partial charge in [-0.3, -0.25) is 4.79 Å². The Labute approximate surface area is 387 Å². The van der Waals surface area contributed by atoms with Crippen LogP contribution in [0.25, 0.3) is 0 Å². The number of fused-ring (bicyclic) bond motifs is 7. The molecule has 23 atom stereocenters. The average Bonchev–Trinajstić information content (AvgIpc) is 3.26. The Morgan fingerprint density at radius 3 is 1.71 bits per heavy atom. The minimum absolute atomic E-state index is 0.112. The topological polar surface area (TPSA) is 295 Å². The second kappa shape index (κ2) is 18.0. The van der Waals surface area contributed by atoms with Crippen LogP contribution in [-0.4, -0.2) is 180 Å². The summed E-state index contributed by atoms with van der Waals surface area (Å²) in [5.41, 5.74) is -0.804. The monoisotopic (exact) mass is 943 g/mol. The summed E-state index contributed by atoms with van der Waals surface area (Å²) in [5, 5.41) is 115. The molecule has 0 aromatic rings. The molecule has 23 unspecified atom stereocenters. The molecule has 0 spiro atoms. The number of allylic oxidation sites excluding steroid dienone is 2. The van der Waals surface area contributed by atoms with Gasteiger partial charge in [-0.25, -0.2) is 0 Å². The summed E-state index contributed by atoms with van der Waals surface area (Å²) in [6.07, 6.45) is -14.1. The van der Waals surface area contributed by atoms with Crippen LogP contribution in [0.2, 0.25) is 0 Å². The molecule has 5 aliphatic carbocycles. The van der Waals surface area contributed by atoms with Gasteiger partial charge in [-0.2, -0.15) is 0 Å². The summed E-state index contributed by atoms with van der Waals surface area (Å²) >= 11 is 0. The van der Waals surface area contributed by atoms with Gasteiger partial charge in [0.1, 0.15) is 67.1 Å². The molecule has 66 heavy (non-hydrogen) atoms. The van der Waals surface area contributed by atoms with E-state index in [9.17, 15) is 56.2 Å². The summed E-state index contributed by atoms with van der Waals surface area (Å²) in [7, 11) is 0. The lowest BCUT2D eigenvalue weighted by Crippen LogP contribution is -2.66. The van der Waals surface area contributed by atoms with Gasteiger partial charge < -0.3 is 84.6 Å². The van der Waals surface area contributed by atoms with Crippen molar-refractivity contribution in [1.82, 2.24) is 0 Å². The highest BCUT2D eigenvalue weighted by atomic mass is 16.8. The van der Waals surface area contributed by atoms with Crippen molar-refractivity contribution in [3.05, 3.63) is 11.6 Å². The van der Waals surface area contributed by atoms with E-state index in [1.165, 1.54) is 5.57 Å². The Kier molecular flexibility index (Phi) is 13.9. The van der Waals surface area contributed by atoms with Crippen molar-refractivity contribution in [3.63, 3.8) is 0 Å². The molecular formula is C48H78O18. The van der Waals surface area contributed by atoms with E-state index < -0.39 is 123 Å². The maximum absolute atomic E-state index is 15.2. The molecule has 0 bridgehead atoms. The standard InChI is InChI=1S/C48H78O18/c1-43(2)14-16-48(42(60)66-41-38(35(57)32(54)26(21-51)63-41)65-40-37(59)34(56)31(53)25(20-50)62-40)17-15-46(6)22(23(48)18-43)8-9-28-45(5)12-11-29(44(3,4)27(45)10-13-47(28,46)7)64-39-36(58)33(55)30(52)24(19-49)61-39/h8,23-41,49-59H,9-21H2,1-7H3. The molecule has 4 saturated carbocycles. The zero-order valence-corrected chi connectivity index (χ0v) is 39.5. The van der Waals surface area contributed by atoms with Crippen LogP contribution in [0.1, 0.15) is 113 Å². The second-order valence-electron chi connectivity index (χ2n) is 23.5. The fraction of sp³-hybridized carbons (Fsp3) is 0.938. The Hall–Kier alpha value is -1.43. The van der Waals surface area contributed by atoms with Gasteiger partial charge in [0.25, 0.3) is 0 Å². The zero-order chi connectivity index (χ0) is 48.3. The van der Waals surface area contributed by atoms with E-state index in [4.69, 9.17) is 28.4 Å². The van der Waals surface area contributed by atoms with Crippen molar-refractivity contribution in [2.45, 2.75) is 211 Å². The molecule has 378 valence electrons. The minimum Gasteiger partial charge on any atom is -0.432 e. The van der Waals surface area contributed by atoms with Crippen LogP contribution >= 0.6 is 0 Å². The Morgan fingerprint density at radius 1 is 0.606 bits per heavy atom. The van der Waals surface area contributed by atoms with Gasteiger partial charge in [0.05, 0.1) is 31.3 Å². The van der Waals surface area contributed by atoms with Crippen molar-refractivity contribution in [2.24, 2.45) is 50.2 Å². The molecule has 0 radical (unpaired) electrons. The van der Waals surface area contributed by atoms with Crippen LogP contribution in [0.3, 0.4) is 0 Å². The fourth-order valence-corrected chi connectivity index (χ4v) is 15.0. The fourth-order valence-electron chi connectivity index (χ4n) is 15.0. The number of rotatable bonds is 9. The summed E-state index contributed by atoms with van der Waals surface area (Å²) in [5.74, 6) is -0.282. The quantitative estimate of drug-likeness (QED) is 0.0833. The lowest BCUT2D eigenvalue weighted by molar-refractivity contribution is -0.363. The highest BCUT2D eigenvalue weighted by Crippen LogP contribution is 2.76. The SMILES string of the molecule is CC1(C)CCC2(C(=O)OC3OC(CO)C(O)C(O)C3OC3OC(CO)C(O)C(O)C3O)CCC3(C)C(=CCC4C5(C)CCC(OC6OC(CO)C(O)C(O)C6O)C(C)(C)C5CCC43C)C2C1. The first-order valence-corrected chi connectivity index (χ1v) is 24.3. The first-order valence-electron chi connectivity index (χ1n) is 24.3. The first-order chi connectivity index (χ1) is 30.9. The van der Waals surface area contributed by atoms with Crippen LogP contribution in [0.15, 0.2) is 11.6 Å². The summed E-state index contributed by atoms with van der Waals surface area (Å²) in [4.78, 5) is 15.2. The van der Waals surface area contributed by atoms with Crippen molar-refractivity contribution in [3.8, 4) is 0 Å². The van der Waals surface area contributed by atoms with E-state index in [1.807, 2.05) is 0 Å². The number of hydrogen-bond acceptors (Lipinski definition) is 18. The van der Waals surface area contributed by atoms with Crippen LogP contribution in [0, 0.1) is 50.2 Å². The maximum Gasteiger partial charge on any atom is 0.315 e. The van der Waals surface area contributed by atoms with Gasteiger partial charge in [-0.1, -0.05) is 60.1 Å². The number of hydrogen-bond donors (Lipinski definition) is 11. The number of carbonyl (C=O) groups is 1. The Bertz CT molecular complexity index is 1790. The third kappa shape index (κ3) is 7.87. The molecule has 18 nitrogen and oxygen atoms in total. The maximum atomic E-state index is 15.2. The lowest BCUT2D eigenvalue weighted by Gasteiger charge is -2.71. The minimum atomic E-state index is -1.86. The molecule has 8 aliphatic rings. The van der Waals surface area contributed by atoms with Gasteiger partial charge in [0.2, 0.25) is 6.29 Å². The average molecular weight is 943 g/mol. The molecule has 3 saturated heterocycles. The van der Waals surface area contributed by atoms with E-state index in [1.54, 1.807) is 0 Å². The van der Waals surface area contributed by atoms with Crippen LogP contribution in [0.4, 0.5) is 0 Å². The smallest absolute Gasteiger partial charge is 0.315 e. The van der Waals surface area contributed by atoms with E-state index >= 15 is 4.79 Å². The summed E-state index contributed by atoms with van der Waals surface area (Å²) < 4.78 is 36.0. The number of aliphatic hydroxyl groups excluding tert-OH is 11. The molecule has 8 rings (SSSR count). The third-order valence-corrected chi connectivity index (χ3v) is 19.3. The summed E-state index contributed by atoms with van der Waals surface area (Å²) in [6.45, 7) is 14.1. The predicted molar refractivity (Wildman–Crippen MR) is 230 cm³/mol. The Morgan fingerprint density at radius 2 is 1.14 bits per heavy atom. The van der Waals surface area contributed by atoms with Crippen molar-refractivity contribution in [1.29, 1.82) is 0 Å². The highest BCUT2D eigenvalue weighted by molar-refractivity contribution is 5.79. The van der Waals surface area contributed by atoms with Crippen molar-refractivity contribution < 1.29 is 89.4 Å². The van der Waals surface area contributed by atoms with Crippen LogP contribution in [-0.2, 0) is 33.2 Å². The van der Waals surface area contributed by atoms with Crippen LogP contribution in [0.5, 0.6) is 0 Å². The number of aliphatic hydroxyl groups is 11. The zero-order valence-electron chi connectivity index (χ0n) is 39.5. The van der Waals surface area contributed by atoms with Crippen molar-refractivity contribution >= 4 is 5.97 Å². The van der Waals surface area contributed by atoms with E-state index in [0.717, 1.165) is 32.1 Å². The van der Waals surface area contributed by atoms with Gasteiger partial charge in [-0.05, 0) is 109 Å². The first kappa shape index (κ1) is 50.9. The number of esters is 1. The van der Waals surface area contributed by atoms with Gasteiger partial charge >= 0.3 is 5.97 Å². The molecule has 0 aromatic heterocycles. The second-order valence-corrected chi connectivity index (χ2v) is 23.5. The highest BCUT2D eigenvalue weighted by Gasteiger charge is 2.70. The predicted octanol–water partition coefficient (Wildman–Crippen LogP) is 0.141. The number of ether oxygens (including phenoxy) is 6. The molecule has 3 heterocycles. The third-order valence-electron chi connectivity index (χ3n) is 19.3. The molecule has 11 N–H and O–H groups in total. The Balaban J connectivity index is 1.06. The van der Waals surface area contributed by atoms with Crippen molar-refractivity contribution in [2.75, 3.05) is 19.8 Å².